The molecule has 6 nitrogen and oxygen atoms in total. The lowest BCUT2D eigenvalue weighted by atomic mass is 10.2. The Kier molecular flexibility index (Phi) is 5.89. The standard InChI is InChI=1S/C11H12ClF3N4O2/c1-16-10(6-19(20)21)18(7-11(13,14)15)5-8-2-3-9(12)17-4-8/h2-4H,5-7H2,1H3. The van der Waals surface area contributed by atoms with Crippen molar-refractivity contribution in [1.29, 1.82) is 0 Å². The fourth-order valence-electron chi connectivity index (χ4n) is 1.60. The Morgan fingerprint density at radius 2 is 2.19 bits per heavy atom. The number of aliphatic imine (C=N–C) groups is 1. The van der Waals surface area contributed by atoms with Crippen molar-refractivity contribution in [1.82, 2.24) is 9.88 Å². The minimum atomic E-state index is -4.51. The summed E-state index contributed by atoms with van der Waals surface area (Å²) in [6.45, 7) is -2.33. The molecule has 1 heterocycles. The van der Waals surface area contributed by atoms with E-state index < -0.39 is 24.2 Å². The Balaban J connectivity index is 2.95. The SMILES string of the molecule is CN=C(C[N+](=O)[O-])N(Cc1ccc(Cl)nc1)CC(F)(F)F. The van der Waals surface area contributed by atoms with Crippen molar-refractivity contribution in [2.75, 3.05) is 20.1 Å². The van der Waals surface area contributed by atoms with Gasteiger partial charge in [-0.1, -0.05) is 17.7 Å². The maximum atomic E-state index is 12.6. The summed E-state index contributed by atoms with van der Waals surface area (Å²) in [6.07, 6.45) is -3.20. The minimum Gasteiger partial charge on any atom is -0.341 e. The van der Waals surface area contributed by atoms with E-state index in [-0.39, 0.29) is 17.5 Å². The number of halogens is 4. The van der Waals surface area contributed by atoms with Gasteiger partial charge in [-0.05, 0) is 11.6 Å². The molecule has 0 unspecified atom stereocenters. The summed E-state index contributed by atoms with van der Waals surface area (Å²) < 4.78 is 37.8. The van der Waals surface area contributed by atoms with Crippen LogP contribution in [0.5, 0.6) is 0 Å². The monoisotopic (exact) mass is 324 g/mol. The Morgan fingerprint density at radius 1 is 1.52 bits per heavy atom. The lowest BCUT2D eigenvalue weighted by molar-refractivity contribution is -0.464. The molecule has 116 valence electrons. The van der Waals surface area contributed by atoms with Crippen molar-refractivity contribution in [2.45, 2.75) is 12.7 Å². The molecule has 0 aliphatic rings. The zero-order valence-electron chi connectivity index (χ0n) is 11.0. The van der Waals surface area contributed by atoms with Crippen LogP contribution in [0, 0.1) is 10.1 Å². The topological polar surface area (TPSA) is 71.6 Å². The highest BCUT2D eigenvalue weighted by Gasteiger charge is 2.33. The Labute approximate surface area is 123 Å². The number of alkyl halides is 3. The highest BCUT2D eigenvalue weighted by molar-refractivity contribution is 6.29. The molecule has 0 fully saturated rings. The fourth-order valence-corrected chi connectivity index (χ4v) is 1.71. The second-order valence-corrected chi connectivity index (χ2v) is 4.48. The number of aromatic nitrogens is 1. The Morgan fingerprint density at radius 3 is 2.62 bits per heavy atom. The molecule has 1 rings (SSSR count). The van der Waals surface area contributed by atoms with E-state index in [4.69, 9.17) is 11.6 Å². The molecule has 1 aromatic rings. The van der Waals surface area contributed by atoms with E-state index in [0.717, 1.165) is 4.90 Å². The highest BCUT2D eigenvalue weighted by atomic mass is 35.5. The van der Waals surface area contributed by atoms with Gasteiger partial charge in [-0.2, -0.15) is 13.2 Å². The van der Waals surface area contributed by atoms with Crippen LogP contribution in [0.25, 0.3) is 0 Å². The van der Waals surface area contributed by atoms with Crippen LogP contribution in [-0.4, -0.2) is 47.0 Å². The molecule has 0 aromatic carbocycles. The lowest BCUT2D eigenvalue weighted by Crippen LogP contribution is -2.41. The van der Waals surface area contributed by atoms with Gasteiger partial charge < -0.3 is 4.90 Å². The average molecular weight is 325 g/mol. The quantitative estimate of drug-likeness (QED) is 0.274. The molecular formula is C11H12ClF3N4O2. The number of nitrogens with zero attached hydrogens (tertiary/aromatic N) is 4. The molecular weight excluding hydrogens is 313 g/mol. The van der Waals surface area contributed by atoms with Crippen molar-refractivity contribution in [3.63, 3.8) is 0 Å². The van der Waals surface area contributed by atoms with Crippen molar-refractivity contribution in [3.05, 3.63) is 39.2 Å². The van der Waals surface area contributed by atoms with Crippen LogP contribution in [-0.2, 0) is 6.54 Å². The van der Waals surface area contributed by atoms with E-state index >= 15 is 0 Å². The zero-order valence-corrected chi connectivity index (χ0v) is 11.7. The predicted octanol–water partition coefficient (Wildman–Crippen LogP) is 2.40. The molecule has 0 bridgehead atoms. The molecule has 21 heavy (non-hydrogen) atoms. The maximum absolute atomic E-state index is 12.6. The molecule has 0 saturated heterocycles. The van der Waals surface area contributed by atoms with Gasteiger partial charge in [0, 0.05) is 24.7 Å². The summed E-state index contributed by atoms with van der Waals surface area (Å²) in [5.41, 5.74) is 0.438. The first kappa shape index (κ1) is 17.2. The number of nitro groups is 1. The molecule has 0 aliphatic carbocycles. The molecule has 0 atom stereocenters. The minimum absolute atomic E-state index is 0.204. The van der Waals surface area contributed by atoms with Crippen LogP contribution in [0.4, 0.5) is 13.2 Å². The van der Waals surface area contributed by atoms with Crippen molar-refractivity contribution in [2.24, 2.45) is 4.99 Å². The van der Waals surface area contributed by atoms with Gasteiger partial charge in [0.25, 0.3) is 6.54 Å². The Hall–Kier alpha value is -1.90. The molecule has 0 saturated carbocycles. The van der Waals surface area contributed by atoms with Crippen LogP contribution < -0.4 is 0 Å². The number of amidine groups is 1. The summed E-state index contributed by atoms with van der Waals surface area (Å²) in [7, 11) is 1.21. The van der Waals surface area contributed by atoms with E-state index in [1.54, 1.807) is 0 Å². The van der Waals surface area contributed by atoms with E-state index in [0.29, 0.717) is 5.56 Å². The van der Waals surface area contributed by atoms with Crippen LogP contribution in [0.1, 0.15) is 5.56 Å². The molecule has 0 amide bonds. The fraction of sp³-hybridized carbons (Fsp3) is 0.455. The number of rotatable bonds is 5. The van der Waals surface area contributed by atoms with Gasteiger partial charge in [0.2, 0.25) is 0 Å². The first-order valence-corrected chi connectivity index (χ1v) is 6.08. The van der Waals surface area contributed by atoms with E-state index in [9.17, 15) is 23.3 Å². The summed E-state index contributed by atoms with van der Waals surface area (Å²) >= 11 is 5.60. The van der Waals surface area contributed by atoms with Gasteiger partial charge in [-0.25, -0.2) is 4.98 Å². The van der Waals surface area contributed by atoms with E-state index in [2.05, 4.69) is 9.98 Å². The van der Waals surface area contributed by atoms with Crippen LogP contribution in [0.3, 0.4) is 0 Å². The summed E-state index contributed by atoms with van der Waals surface area (Å²) in [4.78, 5) is 17.9. The molecule has 10 heteroatoms. The van der Waals surface area contributed by atoms with Crippen molar-refractivity contribution in [3.8, 4) is 0 Å². The Bertz CT molecular complexity index is 519. The van der Waals surface area contributed by atoms with Gasteiger partial charge in [0.05, 0.1) is 0 Å². The number of hydrogen-bond acceptors (Lipinski definition) is 4. The molecule has 0 aliphatic heterocycles. The smallest absolute Gasteiger partial charge is 0.341 e. The second kappa shape index (κ2) is 7.21. The predicted molar refractivity (Wildman–Crippen MR) is 70.9 cm³/mol. The van der Waals surface area contributed by atoms with Crippen LogP contribution >= 0.6 is 11.6 Å². The van der Waals surface area contributed by atoms with Gasteiger partial charge in [0.1, 0.15) is 11.7 Å². The third-order valence-electron chi connectivity index (χ3n) is 2.43. The van der Waals surface area contributed by atoms with Crippen molar-refractivity contribution < 1.29 is 18.1 Å². The normalized spacial score (nSPS) is 12.3. The maximum Gasteiger partial charge on any atom is 0.405 e. The second-order valence-electron chi connectivity index (χ2n) is 4.09. The van der Waals surface area contributed by atoms with Gasteiger partial charge in [0.15, 0.2) is 5.84 Å². The van der Waals surface area contributed by atoms with Gasteiger partial charge >= 0.3 is 6.18 Å². The van der Waals surface area contributed by atoms with Crippen molar-refractivity contribution >= 4 is 17.4 Å². The number of pyridine rings is 1. The van der Waals surface area contributed by atoms with E-state index in [1.807, 2.05) is 0 Å². The summed E-state index contributed by atoms with van der Waals surface area (Å²) in [5.74, 6) is -0.257. The van der Waals surface area contributed by atoms with E-state index in [1.165, 1.54) is 25.4 Å². The first-order valence-electron chi connectivity index (χ1n) is 5.71. The molecule has 0 spiro atoms. The third-order valence-corrected chi connectivity index (χ3v) is 2.65. The highest BCUT2D eigenvalue weighted by Crippen LogP contribution is 2.19. The molecule has 1 aromatic heterocycles. The van der Waals surface area contributed by atoms with Crippen LogP contribution in [0.15, 0.2) is 23.3 Å². The van der Waals surface area contributed by atoms with Gasteiger partial charge in [-0.15, -0.1) is 0 Å². The van der Waals surface area contributed by atoms with Crippen LogP contribution in [0.2, 0.25) is 5.15 Å². The first-order chi connectivity index (χ1) is 9.71. The third kappa shape index (κ3) is 6.39. The summed E-state index contributed by atoms with van der Waals surface area (Å²) in [5, 5.41) is 10.7. The van der Waals surface area contributed by atoms with Gasteiger partial charge in [-0.3, -0.25) is 15.1 Å². The zero-order chi connectivity index (χ0) is 16.0. The molecule has 0 N–H and O–H groups in total. The molecule has 0 radical (unpaired) electrons. The lowest BCUT2D eigenvalue weighted by Gasteiger charge is -2.25. The summed E-state index contributed by atoms with van der Waals surface area (Å²) in [6, 6.07) is 2.93. The number of hydrogen-bond donors (Lipinski definition) is 0. The average Bonchev–Trinajstić information content (AvgIpc) is 2.36. The largest absolute Gasteiger partial charge is 0.405 e.